The van der Waals surface area contributed by atoms with E-state index in [9.17, 15) is 23.1 Å². The van der Waals surface area contributed by atoms with E-state index in [1.54, 1.807) is 13.0 Å². The lowest BCUT2D eigenvalue weighted by Crippen LogP contribution is -2.16. The first kappa shape index (κ1) is 24.7. The third-order valence-corrected chi connectivity index (χ3v) is 5.19. The Balaban J connectivity index is 1.41. The number of alkyl halides is 3. The molecule has 0 atom stereocenters. The molecule has 2 N–H and O–H groups in total. The number of H-pyrrole nitrogens is 1. The maximum Gasteiger partial charge on any atom is 0.573 e. The van der Waals surface area contributed by atoms with E-state index >= 15 is 0 Å². The van der Waals surface area contributed by atoms with Crippen LogP contribution in [0.2, 0.25) is 0 Å². The van der Waals surface area contributed by atoms with Crippen LogP contribution in [0.15, 0.2) is 68.2 Å². The highest BCUT2D eigenvalue weighted by molar-refractivity contribution is 5.65. The Morgan fingerprint density at radius 3 is 2.56 bits per heavy atom. The largest absolute Gasteiger partial charge is 0.573 e. The summed E-state index contributed by atoms with van der Waals surface area (Å²) in [5.74, 6) is 0.131. The normalized spacial score (nSPS) is 12.1. The van der Waals surface area contributed by atoms with Crippen molar-refractivity contribution in [2.45, 2.75) is 33.2 Å². The number of hydrogen-bond donors (Lipinski definition) is 2. The van der Waals surface area contributed by atoms with E-state index in [-0.39, 0.29) is 36.3 Å². The summed E-state index contributed by atoms with van der Waals surface area (Å²) in [6, 6.07) is 12.5. The fraction of sp³-hybridized carbons (Fsp3) is 0.200. The molecule has 0 unspecified atom stereocenters. The molecule has 2 aromatic carbocycles. The van der Waals surface area contributed by atoms with Gasteiger partial charge in [0, 0.05) is 12.0 Å². The van der Waals surface area contributed by atoms with Crippen LogP contribution in [0.5, 0.6) is 17.4 Å². The molecule has 8 nitrogen and oxygen atoms in total. The van der Waals surface area contributed by atoms with Crippen LogP contribution in [0.1, 0.15) is 29.7 Å². The summed E-state index contributed by atoms with van der Waals surface area (Å²) in [5.41, 5.74) is 2.77. The van der Waals surface area contributed by atoms with Crippen molar-refractivity contribution in [1.29, 1.82) is 0 Å². The van der Waals surface area contributed by atoms with Gasteiger partial charge in [0.1, 0.15) is 29.6 Å². The number of ether oxygens (including phenoxy) is 2. The summed E-state index contributed by atoms with van der Waals surface area (Å²) in [7, 11) is 0. The monoisotopic (exact) mass is 502 g/mol. The number of aromatic nitrogens is 2. The number of halogens is 3. The van der Waals surface area contributed by atoms with E-state index in [1.165, 1.54) is 24.3 Å². The minimum atomic E-state index is -4.76. The molecule has 0 fully saturated rings. The van der Waals surface area contributed by atoms with Crippen molar-refractivity contribution < 1.29 is 36.6 Å². The molecule has 0 spiro atoms. The Labute approximate surface area is 202 Å². The van der Waals surface area contributed by atoms with Gasteiger partial charge in [-0.25, -0.2) is 9.78 Å². The lowest BCUT2D eigenvalue weighted by atomic mass is 10.1. The van der Waals surface area contributed by atoms with Gasteiger partial charge in [0.25, 0.3) is 0 Å². The Morgan fingerprint density at radius 1 is 1.14 bits per heavy atom. The molecule has 0 radical (unpaired) electrons. The van der Waals surface area contributed by atoms with Crippen LogP contribution in [-0.2, 0) is 13.0 Å². The molecule has 11 heteroatoms. The average Bonchev–Trinajstić information content (AvgIpc) is 3.36. The highest BCUT2D eigenvalue weighted by atomic mass is 19.4. The Bertz CT molecular complexity index is 1430. The lowest BCUT2D eigenvalue weighted by Gasteiger charge is -2.08. The molecular weight excluding hydrogens is 481 g/mol. The SMILES string of the molecule is CC(=CCc1oc(=O)[nH]c1O)c1cccc(OCc2nc(-c3ccc(OC(F)(F)F)cc3)oc2C)c1. The smallest absolute Gasteiger partial charge is 0.492 e. The highest BCUT2D eigenvalue weighted by Gasteiger charge is 2.31. The van der Waals surface area contributed by atoms with Gasteiger partial charge in [-0.15, -0.1) is 13.2 Å². The molecule has 0 aliphatic carbocycles. The van der Waals surface area contributed by atoms with Gasteiger partial charge in [0.15, 0.2) is 5.76 Å². The molecule has 36 heavy (non-hydrogen) atoms. The predicted molar refractivity (Wildman–Crippen MR) is 122 cm³/mol. The first-order valence-corrected chi connectivity index (χ1v) is 10.7. The molecular formula is C25H21F3N2O6. The van der Waals surface area contributed by atoms with Gasteiger partial charge in [-0.05, 0) is 61.4 Å². The van der Waals surface area contributed by atoms with Crippen molar-refractivity contribution in [3.8, 4) is 28.8 Å². The summed E-state index contributed by atoms with van der Waals surface area (Å²) in [6.45, 7) is 3.70. The third kappa shape index (κ3) is 6.17. The van der Waals surface area contributed by atoms with E-state index < -0.39 is 12.1 Å². The molecule has 0 bridgehead atoms. The molecule has 0 aliphatic rings. The summed E-state index contributed by atoms with van der Waals surface area (Å²) >= 11 is 0. The van der Waals surface area contributed by atoms with Crippen molar-refractivity contribution in [2.75, 3.05) is 0 Å². The molecule has 0 saturated carbocycles. The number of benzene rings is 2. The summed E-state index contributed by atoms with van der Waals surface area (Å²) in [4.78, 5) is 17.7. The molecule has 0 amide bonds. The van der Waals surface area contributed by atoms with Crippen LogP contribution in [0, 0.1) is 6.92 Å². The fourth-order valence-corrected chi connectivity index (χ4v) is 3.32. The molecule has 4 aromatic rings. The van der Waals surface area contributed by atoms with E-state index in [0.717, 1.165) is 11.1 Å². The zero-order valence-electron chi connectivity index (χ0n) is 19.2. The predicted octanol–water partition coefficient (Wildman–Crippen LogP) is 5.76. The maximum absolute atomic E-state index is 12.3. The lowest BCUT2D eigenvalue weighted by molar-refractivity contribution is -0.274. The summed E-state index contributed by atoms with van der Waals surface area (Å²) in [6.07, 6.45) is -2.73. The Kier molecular flexibility index (Phi) is 6.91. The molecule has 4 rings (SSSR count). The van der Waals surface area contributed by atoms with Crippen molar-refractivity contribution >= 4 is 5.57 Å². The first-order valence-electron chi connectivity index (χ1n) is 10.7. The number of oxazole rings is 2. The second-order valence-electron chi connectivity index (χ2n) is 7.79. The van der Waals surface area contributed by atoms with Crippen LogP contribution in [0.25, 0.3) is 17.0 Å². The fourth-order valence-electron chi connectivity index (χ4n) is 3.32. The van der Waals surface area contributed by atoms with Crippen LogP contribution < -0.4 is 15.2 Å². The van der Waals surface area contributed by atoms with Gasteiger partial charge in [0.2, 0.25) is 11.8 Å². The van der Waals surface area contributed by atoms with Crippen LogP contribution in [-0.4, -0.2) is 21.4 Å². The number of aryl methyl sites for hydroxylation is 1. The molecule has 0 aliphatic heterocycles. The average molecular weight is 502 g/mol. The van der Waals surface area contributed by atoms with E-state index in [2.05, 4.69) is 14.7 Å². The van der Waals surface area contributed by atoms with Crippen molar-refractivity contribution in [3.63, 3.8) is 0 Å². The quantitative estimate of drug-likeness (QED) is 0.315. The topological polar surface area (TPSA) is 111 Å². The number of aromatic amines is 1. The van der Waals surface area contributed by atoms with Crippen LogP contribution in [0.3, 0.4) is 0 Å². The summed E-state index contributed by atoms with van der Waals surface area (Å²) in [5, 5.41) is 9.63. The van der Waals surface area contributed by atoms with Gasteiger partial charge >= 0.3 is 12.1 Å². The number of nitrogens with zero attached hydrogens (tertiary/aromatic N) is 1. The van der Waals surface area contributed by atoms with Gasteiger partial charge < -0.3 is 23.4 Å². The zero-order valence-corrected chi connectivity index (χ0v) is 19.2. The van der Waals surface area contributed by atoms with Gasteiger partial charge in [0.05, 0.1) is 0 Å². The van der Waals surface area contributed by atoms with Crippen molar-refractivity contribution in [1.82, 2.24) is 9.97 Å². The molecule has 2 heterocycles. The van der Waals surface area contributed by atoms with E-state index in [4.69, 9.17) is 13.6 Å². The highest BCUT2D eigenvalue weighted by Crippen LogP contribution is 2.28. The second-order valence-corrected chi connectivity index (χ2v) is 7.79. The van der Waals surface area contributed by atoms with Crippen molar-refractivity contribution in [3.05, 3.63) is 87.9 Å². The van der Waals surface area contributed by atoms with Gasteiger partial charge in [-0.1, -0.05) is 18.2 Å². The minimum absolute atomic E-state index is 0.110. The van der Waals surface area contributed by atoms with Gasteiger partial charge in [-0.3, -0.25) is 4.98 Å². The zero-order chi connectivity index (χ0) is 25.9. The summed E-state index contributed by atoms with van der Waals surface area (Å²) < 4.78 is 57.3. The van der Waals surface area contributed by atoms with Crippen LogP contribution >= 0.6 is 0 Å². The van der Waals surface area contributed by atoms with Gasteiger partial charge in [-0.2, -0.15) is 0 Å². The number of allylic oxidation sites excluding steroid dienone is 2. The van der Waals surface area contributed by atoms with Crippen LogP contribution in [0.4, 0.5) is 13.2 Å². The second kappa shape index (κ2) is 10.1. The van der Waals surface area contributed by atoms with E-state index in [1.807, 2.05) is 31.2 Å². The number of nitrogens with one attached hydrogen (secondary N) is 1. The number of hydrogen-bond acceptors (Lipinski definition) is 7. The van der Waals surface area contributed by atoms with E-state index in [0.29, 0.717) is 22.8 Å². The molecule has 2 aromatic heterocycles. The minimum Gasteiger partial charge on any atom is -0.492 e. The number of rotatable bonds is 8. The van der Waals surface area contributed by atoms with Crippen molar-refractivity contribution in [2.24, 2.45) is 0 Å². The molecule has 188 valence electrons. The number of aromatic hydroxyl groups is 1. The molecule has 0 saturated heterocycles. The Hall–Kier alpha value is -4.41. The standard InChI is InChI=1S/C25H21F3N2O6/c1-14(6-11-21-22(31)30-24(32)35-21)17-4-3-5-19(12-17)33-13-20-15(2)34-23(29-20)16-7-9-18(10-8-16)36-25(26,27)28/h3-10,12,31H,11,13H2,1-2H3,(H,30,32). The first-order chi connectivity index (χ1) is 17.1. The maximum atomic E-state index is 12.3. The Morgan fingerprint density at radius 2 is 1.89 bits per heavy atom. The third-order valence-electron chi connectivity index (χ3n) is 5.19.